The van der Waals surface area contributed by atoms with Gasteiger partial charge in [0.2, 0.25) is 0 Å². The molecule has 108 valence electrons. The molecule has 0 radical (unpaired) electrons. The van der Waals surface area contributed by atoms with E-state index in [4.69, 9.17) is 4.74 Å². The van der Waals surface area contributed by atoms with Gasteiger partial charge < -0.3 is 10.1 Å². The lowest BCUT2D eigenvalue weighted by molar-refractivity contribution is -0.152. The summed E-state index contributed by atoms with van der Waals surface area (Å²) in [5.74, 6) is 0.858. The van der Waals surface area contributed by atoms with Crippen LogP contribution in [0.4, 0.5) is 0 Å². The van der Waals surface area contributed by atoms with Crippen LogP contribution >= 0.6 is 0 Å². The summed E-state index contributed by atoms with van der Waals surface area (Å²) in [6.07, 6.45) is 4.97. The second-order valence-corrected chi connectivity index (χ2v) is 8.18. The van der Waals surface area contributed by atoms with Crippen molar-refractivity contribution >= 4 is 0 Å². The zero-order valence-electron chi connectivity index (χ0n) is 13.5. The number of hydrogen-bond acceptors (Lipinski definition) is 2. The molecule has 1 fully saturated rings. The Labute approximate surface area is 114 Å². The highest BCUT2D eigenvalue weighted by atomic mass is 16.5. The normalized spacial score (nSPS) is 30.5. The van der Waals surface area contributed by atoms with Crippen molar-refractivity contribution in [1.82, 2.24) is 5.32 Å². The maximum absolute atomic E-state index is 6.45. The van der Waals surface area contributed by atoms with E-state index in [1.165, 1.54) is 25.7 Å². The first-order valence-corrected chi connectivity index (χ1v) is 7.47. The summed E-state index contributed by atoms with van der Waals surface area (Å²) >= 11 is 0. The molecule has 0 atom stereocenters. The maximum Gasteiger partial charge on any atom is 0.0813 e. The summed E-state index contributed by atoms with van der Waals surface area (Å²) in [6.45, 7) is 16.5. The van der Waals surface area contributed by atoms with Crippen LogP contribution in [-0.2, 0) is 4.74 Å². The summed E-state index contributed by atoms with van der Waals surface area (Å²) in [6, 6.07) is 0. The Morgan fingerprint density at radius 3 is 1.94 bits per heavy atom. The van der Waals surface area contributed by atoms with Crippen molar-refractivity contribution < 1.29 is 4.74 Å². The van der Waals surface area contributed by atoms with E-state index < -0.39 is 0 Å². The SMILES string of the molecule is CC1CCC(CNC(C)(C)C)(OC(C)(C)C)CC1. The summed E-state index contributed by atoms with van der Waals surface area (Å²) in [5, 5.41) is 3.64. The number of ether oxygens (including phenoxy) is 1. The summed E-state index contributed by atoms with van der Waals surface area (Å²) < 4.78 is 6.45. The Balaban J connectivity index is 2.69. The van der Waals surface area contributed by atoms with E-state index in [0.717, 1.165) is 12.5 Å². The van der Waals surface area contributed by atoms with Gasteiger partial charge in [-0.3, -0.25) is 0 Å². The van der Waals surface area contributed by atoms with E-state index in [0.29, 0.717) is 0 Å². The van der Waals surface area contributed by atoms with Gasteiger partial charge in [0.1, 0.15) is 0 Å². The number of nitrogens with one attached hydrogen (secondary N) is 1. The first-order chi connectivity index (χ1) is 8.02. The lowest BCUT2D eigenvalue weighted by Crippen LogP contribution is -2.53. The van der Waals surface area contributed by atoms with Gasteiger partial charge in [-0.2, -0.15) is 0 Å². The Morgan fingerprint density at radius 2 is 1.56 bits per heavy atom. The smallest absolute Gasteiger partial charge is 0.0813 e. The van der Waals surface area contributed by atoms with Crippen molar-refractivity contribution in [3.8, 4) is 0 Å². The number of rotatable bonds is 3. The fourth-order valence-corrected chi connectivity index (χ4v) is 2.68. The van der Waals surface area contributed by atoms with Crippen molar-refractivity contribution in [2.45, 2.75) is 90.9 Å². The highest BCUT2D eigenvalue weighted by Gasteiger charge is 2.38. The average molecular weight is 255 g/mol. The second kappa shape index (κ2) is 5.50. The zero-order chi connectivity index (χ0) is 14.0. The van der Waals surface area contributed by atoms with Crippen LogP contribution in [0.3, 0.4) is 0 Å². The first kappa shape index (κ1) is 16.0. The van der Waals surface area contributed by atoms with Crippen LogP contribution in [0.1, 0.15) is 74.1 Å². The van der Waals surface area contributed by atoms with Crippen molar-refractivity contribution in [3.63, 3.8) is 0 Å². The third-order valence-electron chi connectivity index (χ3n) is 3.65. The predicted molar refractivity (Wildman–Crippen MR) is 79.0 cm³/mol. The van der Waals surface area contributed by atoms with Gasteiger partial charge in [-0.05, 0) is 73.1 Å². The van der Waals surface area contributed by atoms with E-state index in [1.54, 1.807) is 0 Å². The molecule has 0 unspecified atom stereocenters. The van der Waals surface area contributed by atoms with Crippen LogP contribution in [0.2, 0.25) is 0 Å². The fourth-order valence-electron chi connectivity index (χ4n) is 2.68. The van der Waals surface area contributed by atoms with Crippen molar-refractivity contribution in [1.29, 1.82) is 0 Å². The summed E-state index contributed by atoms with van der Waals surface area (Å²) in [4.78, 5) is 0. The molecule has 0 aromatic rings. The standard InChI is InChI=1S/C16H33NO/c1-13-8-10-16(11-9-13,18-15(5,6)7)12-17-14(2,3)4/h13,17H,8-12H2,1-7H3. The van der Waals surface area contributed by atoms with E-state index in [-0.39, 0.29) is 16.7 Å². The first-order valence-electron chi connectivity index (χ1n) is 7.47. The topological polar surface area (TPSA) is 21.3 Å². The Bertz CT molecular complexity index is 251. The lowest BCUT2D eigenvalue weighted by atomic mass is 9.78. The monoisotopic (exact) mass is 255 g/mol. The van der Waals surface area contributed by atoms with Crippen molar-refractivity contribution in [2.24, 2.45) is 5.92 Å². The molecule has 0 amide bonds. The van der Waals surface area contributed by atoms with Gasteiger partial charge in [0.15, 0.2) is 0 Å². The summed E-state index contributed by atoms with van der Waals surface area (Å²) in [7, 11) is 0. The largest absolute Gasteiger partial charge is 0.368 e. The highest BCUT2D eigenvalue weighted by molar-refractivity contribution is 4.92. The molecule has 1 rings (SSSR count). The molecule has 0 bridgehead atoms. The zero-order valence-corrected chi connectivity index (χ0v) is 13.5. The summed E-state index contributed by atoms with van der Waals surface area (Å²) in [5.41, 5.74) is 0.148. The van der Waals surface area contributed by atoms with Gasteiger partial charge in [-0.25, -0.2) is 0 Å². The van der Waals surface area contributed by atoms with Gasteiger partial charge in [-0.15, -0.1) is 0 Å². The van der Waals surface area contributed by atoms with E-state index in [2.05, 4.69) is 53.8 Å². The van der Waals surface area contributed by atoms with Crippen LogP contribution in [0.5, 0.6) is 0 Å². The van der Waals surface area contributed by atoms with Crippen LogP contribution in [0, 0.1) is 5.92 Å². The van der Waals surface area contributed by atoms with E-state index in [1.807, 2.05) is 0 Å². The molecule has 2 nitrogen and oxygen atoms in total. The molecule has 0 aliphatic heterocycles. The molecule has 1 aliphatic rings. The third kappa shape index (κ3) is 5.71. The third-order valence-corrected chi connectivity index (χ3v) is 3.65. The molecule has 0 aromatic heterocycles. The van der Waals surface area contributed by atoms with Crippen molar-refractivity contribution in [2.75, 3.05) is 6.54 Å². The maximum atomic E-state index is 6.45. The molecular formula is C16H33NO. The second-order valence-electron chi connectivity index (χ2n) is 8.18. The van der Waals surface area contributed by atoms with Gasteiger partial charge in [-0.1, -0.05) is 6.92 Å². The molecule has 0 spiro atoms. The van der Waals surface area contributed by atoms with Gasteiger partial charge in [0, 0.05) is 12.1 Å². The predicted octanol–water partition coefficient (Wildman–Crippen LogP) is 4.14. The minimum atomic E-state index is -0.0554. The minimum absolute atomic E-state index is 0.0397. The van der Waals surface area contributed by atoms with E-state index in [9.17, 15) is 0 Å². The Kier molecular flexibility index (Phi) is 4.88. The lowest BCUT2D eigenvalue weighted by Gasteiger charge is -2.45. The molecular weight excluding hydrogens is 222 g/mol. The van der Waals surface area contributed by atoms with Crippen LogP contribution in [0.15, 0.2) is 0 Å². The van der Waals surface area contributed by atoms with Gasteiger partial charge >= 0.3 is 0 Å². The molecule has 18 heavy (non-hydrogen) atoms. The Hall–Kier alpha value is -0.0800. The number of hydrogen-bond donors (Lipinski definition) is 1. The Morgan fingerprint density at radius 1 is 1.06 bits per heavy atom. The molecule has 1 saturated carbocycles. The molecule has 0 heterocycles. The van der Waals surface area contributed by atoms with Crippen LogP contribution < -0.4 is 5.32 Å². The van der Waals surface area contributed by atoms with Crippen molar-refractivity contribution in [3.05, 3.63) is 0 Å². The minimum Gasteiger partial charge on any atom is -0.368 e. The molecule has 1 N–H and O–H groups in total. The molecule has 2 heteroatoms. The molecule has 0 aromatic carbocycles. The van der Waals surface area contributed by atoms with Crippen LogP contribution in [0.25, 0.3) is 0 Å². The fraction of sp³-hybridized carbons (Fsp3) is 1.00. The van der Waals surface area contributed by atoms with Gasteiger partial charge in [0.05, 0.1) is 11.2 Å². The average Bonchev–Trinajstić information content (AvgIpc) is 2.16. The molecule has 0 saturated heterocycles. The van der Waals surface area contributed by atoms with Crippen LogP contribution in [-0.4, -0.2) is 23.3 Å². The molecule has 1 aliphatic carbocycles. The van der Waals surface area contributed by atoms with Gasteiger partial charge in [0.25, 0.3) is 0 Å². The highest BCUT2D eigenvalue weighted by Crippen LogP contribution is 2.37. The van der Waals surface area contributed by atoms with E-state index >= 15 is 0 Å². The quantitative estimate of drug-likeness (QED) is 0.818.